The van der Waals surface area contributed by atoms with E-state index in [-0.39, 0.29) is 12.5 Å². The monoisotopic (exact) mass is 543 g/mol. The standard InChI is InChI=1S/C23H21Cl4N3O4/c1-12(2)18(28-23(32)33)11-30(22(31)21(26)27)14-6-3-5-13(9-14)19-10-17(29-34-19)20-15(24)7-4-8-16(20)25/h3-10,12,18,21,28H,11H2,1-2H3,(H,32,33). The zero-order chi connectivity index (χ0) is 25.0. The van der Waals surface area contributed by atoms with Gasteiger partial charge in [-0.05, 0) is 30.2 Å². The number of carbonyl (C=O) groups is 2. The summed E-state index contributed by atoms with van der Waals surface area (Å²) in [5.74, 6) is -0.270. The summed E-state index contributed by atoms with van der Waals surface area (Å²) in [6.07, 6.45) is -1.19. The Hall–Kier alpha value is -2.45. The molecule has 0 saturated heterocycles. The lowest BCUT2D eigenvalue weighted by molar-refractivity contribution is -0.117. The van der Waals surface area contributed by atoms with Gasteiger partial charge in [-0.15, -0.1) is 0 Å². The van der Waals surface area contributed by atoms with Crippen molar-refractivity contribution in [3.05, 3.63) is 58.6 Å². The summed E-state index contributed by atoms with van der Waals surface area (Å²) in [5.41, 5.74) is 2.07. The molecule has 0 fully saturated rings. The Morgan fingerprint density at radius 3 is 2.32 bits per heavy atom. The highest BCUT2D eigenvalue weighted by Gasteiger charge is 2.28. The third-order valence-electron chi connectivity index (χ3n) is 5.12. The van der Waals surface area contributed by atoms with Crippen LogP contribution in [0.5, 0.6) is 0 Å². The molecule has 1 aromatic heterocycles. The summed E-state index contributed by atoms with van der Waals surface area (Å²) in [6, 6.07) is 13.2. The summed E-state index contributed by atoms with van der Waals surface area (Å²) in [4.78, 5) is 24.1. The molecule has 0 saturated carbocycles. The van der Waals surface area contributed by atoms with E-state index in [1.807, 2.05) is 13.8 Å². The van der Waals surface area contributed by atoms with Gasteiger partial charge in [-0.3, -0.25) is 4.79 Å². The molecule has 180 valence electrons. The molecule has 0 aliphatic heterocycles. The van der Waals surface area contributed by atoms with Crippen molar-refractivity contribution in [2.24, 2.45) is 5.92 Å². The Morgan fingerprint density at radius 2 is 1.74 bits per heavy atom. The first-order valence-electron chi connectivity index (χ1n) is 10.2. The highest BCUT2D eigenvalue weighted by Crippen LogP contribution is 2.36. The van der Waals surface area contributed by atoms with Gasteiger partial charge in [-0.25, -0.2) is 4.79 Å². The minimum Gasteiger partial charge on any atom is -0.465 e. The number of hydrogen-bond acceptors (Lipinski definition) is 4. The molecule has 1 unspecified atom stereocenters. The van der Waals surface area contributed by atoms with E-state index >= 15 is 0 Å². The van der Waals surface area contributed by atoms with Crippen molar-refractivity contribution >= 4 is 64.1 Å². The number of hydrogen-bond donors (Lipinski definition) is 2. The molecule has 34 heavy (non-hydrogen) atoms. The second-order valence-corrected chi connectivity index (χ2v) is 9.68. The van der Waals surface area contributed by atoms with Crippen molar-refractivity contribution in [2.75, 3.05) is 11.4 Å². The van der Waals surface area contributed by atoms with Gasteiger partial charge >= 0.3 is 6.09 Å². The molecule has 2 amide bonds. The average Bonchev–Trinajstić information content (AvgIpc) is 3.25. The molecule has 0 bridgehead atoms. The van der Waals surface area contributed by atoms with Crippen molar-refractivity contribution in [2.45, 2.75) is 24.7 Å². The van der Waals surface area contributed by atoms with Gasteiger partial charge in [-0.2, -0.15) is 0 Å². The van der Waals surface area contributed by atoms with Gasteiger partial charge in [0.25, 0.3) is 5.91 Å². The van der Waals surface area contributed by atoms with E-state index in [0.29, 0.717) is 38.3 Å². The van der Waals surface area contributed by atoms with E-state index in [1.165, 1.54) is 4.90 Å². The molecule has 1 heterocycles. The van der Waals surface area contributed by atoms with Gasteiger partial charge in [0, 0.05) is 29.4 Å². The fourth-order valence-corrected chi connectivity index (χ4v) is 4.14. The SMILES string of the molecule is CC(C)C(CN(C(=O)C(Cl)Cl)c1cccc(-c2cc(-c3c(Cl)cccc3Cl)no2)c1)NC(=O)O. The number of carboxylic acid groups (broad SMARTS) is 1. The highest BCUT2D eigenvalue weighted by atomic mass is 35.5. The Bertz CT molecular complexity index is 1160. The molecule has 0 aliphatic carbocycles. The Morgan fingerprint density at radius 1 is 1.09 bits per heavy atom. The van der Waals surface area contributed by atoms with Gasteiger partial charge in [0.15, 0.2) is 10.6 Å². The van der Waals surface area contributed by atoms with Crippen molar-refractivity contribution < 1.29 is 19.2 Å². The van der Waals surface area contributed by atoms with E-state index in [2.05, 4.69) is 10.5 Å². The van der Waals surface area contributed by atoms with Crippen molar-refractivity contribution in [3.8, 4) is 22.6 Å². The summed E-state index contributed by atoms with van der Waals surface area (Å²) < 4.78 is 5.52. The van der Waals surface area contributed by atoms with E-state index in [1.54, 1.807) is 48.5 Å². The molecule has 7 nitrogen and oxygen atoms in total. The van der Waals surface area contributed by atoms with Crippen LogP contribution in [0.1, 0.15) is 13.8 Å². The summed E-state index contributed by atoms with van der Waals surface area (Å²) in [6.45, 7) is 3.71. The lowest BCUT2D eigenvalue weighted by atomic mass is 10.0. The molecule has 0 radical (unpaired) electrons. The van der Waals surface area contributed by atoms with Gasteiger partial charge in [0.2, 0.25) is 0 Å². The van der Waals surface area contributed by atoms with Gasteiger partial charge in [0.1, 0.15) is 5.69 Å². The van der Waals surface area contributed by atoms with Gasteiger partial charge < -0.3 is 19.8 Å². The van der Waals surface area contributed by atoms with E-state index < -0.39 is 22.9 Å². The highest BCUT2D eigenvalue weighted by molar-refractivity contribution is 6.54. The van der Waals surface area contributed by atoms with Crippen LogP contribution in [0.25, 0.3) is 22.6 Å². The van der Waals surface area contributed by atoms with Crippen LogP contribution in [0.4, 0.5) is 10.5 Å². The van der Waals surface area contributed by atoms with Crippen LogP contribution < -0.4 is 10.2 Å². The number of anilines is 1. The zero-order valence-electron chi connectivity index (χ0n) is 18.1. The van der Waals surface area contributed by atoms with E-state index in [4.69, 9.17) is 50.9 Å². The van der Waals surface area contributed by atoms with Crippen LogP contribution in [0, 0.1) is 5.92 Å². The first-order chi connectivity index (χ1) is 16.1. The number of benzene rings is 2. The number of carbonyl (C=O) groups excluding carboxylic acids is 1. The van der Waals surface area contributed by atoms with E-state index in [9.17, 15) is 14.7 Å². The Kier molecular flexibility index (Phi) is 8.71. The molecule has 0 aliphatic rings. The molecule has 3 rings (SSSR count). The Labute approximate surface area is 216 Å². The van der Waals surface area contributed by atoms with Crippen LogP contribution in [-0.2, 0) is 4.79 Å². The second kappa shape index (κ2) is 11.3. The average molecular weight is 545 g/mol. The lowest BCUT2D eigenvalue weighted by Gasteiger charge is -2.30. The molecule has 3 aromatic rings. The Balaban J connectivity index is 1.97. The number of nitrogens with zero attached hydrogens (tertiary/aromatic N) is 2. The van der Waals surface area contributed by atoms with Crippen LogP contribution >= 0.6 is 46.4 Å². The van der Waals surface area contributed by atoms with Gasteiger partial charge in [0.05, 0.1) is 16.1 Å². The number of nitrogens with one attached hydrogen (secondary N) is 1. The second-order valence-electron chi connectivity index (χ2n) is 7.77. The van der Waals surface area contributed by atoms with Crippen molar-refractivity contribution in [1.82, 2.24) is 10.5 Å². The predicted octanol–water partition coefficient (Wildman–Crippen LogP) is 6.74. The maximum absolute atomic E-state index is 12.8. The minimum absolute atomic E-state index is 0.0269. The maximum atomic E-state index is 12.8. The lowest BCUT2D eigenvalue weighted by Crippen LogP contribution is -2.49. The first kappa shape index (κ1) is 26.2. The summed E-state index contributed by atoms with van der Waals surface area (Å²) in [5, 5.41) is 16.6. The topological polar surface area (TPSA) is 95.7 Å². The predicted molar refractivity (Wildman–Crippen MR) is 135 cm³/mol. The fourth-order valence-electron chi connectivity index (χ4n) is 3.32. The third-order valence-corrected chi connectivity index (χ3v) is 6.12. The first-order valence-corrected chi connectivity index (χ1v) is 11.8. The quantitative estimate of drug-likeness (QED) is 0.306. The molecule has 11 heteroatoms. The number of rotatable bonds is 8. The minimum atomic E-state index is -1.33. The molecule has 2 aromatic carbocycles. The smallest absolute Gasteiger partial charge is 0.404 e. The number of aromatic nitrogens is 1. The fraction of sp³-hybridized carbons (Fsp3) is 0.261. The van der Waals surface area contributed by atoms with Crippen LogP contribution in [0.3, 0.4) is 0 Å². The van der Waals surface area contributed by atoms with Crippen LogP contribution in [-0.4, -0.2) is 39.7 Å². The third kappa shape index (κ3) is 6.16. The number of alkyl halides is 2. The van der Waals surface area contributed by atoms with Crippen molar-refractivity contribution in [1.29, 1.82) is 0 Å². The van der Waals surface area contributed by atoms with Crippen LogP contribution in [0.15, 0.2) is 53.1 Å². The van der Waals surface area contributed by atoms with E-state index in [0.717, 1.165) is 0 Å². The van der Waals surface area contributed by atoms with Crippen molar-refractivity contribution in [3.63, 3.8) is 0 Å². The van der Waals surface area contributed by atoms with Crippen LogP contribution in [0.2, 0.25) is 10.0 Å². The zero-order valence-corrected chi connectivity index (χ0v) is 21.2. The van der Waals surface area contributed by atoms with Gasteiger partial charge in [-0.1, -0.05) is 83.6 Å². The molecule has 1 atom stereocenters. The normalized spacial score (nSPS) is 12.1. The molecular weight excluding hydrogens is 524 g/mol. The molecule has 2 N–H and O–H groups in total. The molecular formula is C23H21Cl4N3O4. The maximum Gasteiger partial charge on any atom is 0.404 e. The largest absolute Gasteiger partial charge is 0.465 e. The number of halogens is 4. The summed E-state index contributed by atoms with van der Waals surface area (Å²) >= 11 is 24.3. The number of amides is 2. The summed E-state index contributed by atoms with van der Waals surface area (Å²) in [7, 11) is 0. The molecule has 0 spiro atoms.